The Morgan fingerprint density at radius 3 is 2.40 bits per heavy atom. The van der Waals surface area contributed by atoms with E-state index in [0.717, 1.165) is 22.3 Å². The molecule has 7 atom stereocenters. The number of methoxy groups -OCH3 is 2. The SMILES string of the molecule is COc1ccc2c(c1OC)OC1c3cc(CCc4ccccc4)c(OC4OC(C(=O)O)C(O)C(O)C4O)cc3OCC21. The number of aliphatic hydroxyl groups excluding tert-OH is 3. The third kappa shape index (κ3) is 4.88. The van der Waals surface area contributed by atoms with E-state index in [1.54, 1.807) is 20.3 Å². The Balaban J connectivity index is 1.36. The number of rotatable bonds is 8. The standard InChI is InChI=1S/C31H32O11/c1-37-20-11-10-17-19-14-39-22-13-21(40-31-25(34)23(32)24(33)29(42-31)30(35)36)16(9-8-15-6-4-3-5-7-15)12-18(22)26(19)41-27(17)28(20)38-2/h3-7,10-13,19,23-26,29,31-34H,8-9,14H2,1-2H3,(H,35,36). The van der Waals surface area contributed by atoms with Gasteiger partial charge < -0.3 is 48.8 Å². The summed E-state index contributed by atoms with van der Waals surface area (Å²) >= 11 is 0. The molecule has 3 aromatic carbocycles. The third-order valence-corrected chi connectivity index (χ3v) is 8.04. The molecule has 0 saturated carbocycles. The fourth-order valence-corrected chi connectivity index (χ4v) is 5.81. The molecule has 0 aliphatic carbocycles. The van der Waals surface area contributed by atoms with Crippen LogP contribution in [-0.4, -0.2) is 77.9 Å². The second kappa shape index (κ2) is 11.3. The minimum absolute atomic E-state index is 0.0995. The fourth-order valence-electron chi connectivity index (χ4n) is 5.81. The first kappa shape index (κ1) is 28.1. The molecule has 7 unspecified atom stereocenters. The first-order valence-corrected chi connectivity index (χ1v) is 13.6. The van der Waals surface area contributed by atoms with Gasteiger partial charge in [0, 0.05) is 17.2 Å². The van der Waals surface area contributed by atoms with Crippen molar-refractivity contribution in [3.8, 4) is 28.7 Å². The van der Waals surface area contributed by atoms with Crippen LogP contribution in [0.15, 0.2) is 54.6 Å². The Hall–Kier alpha value is -4.03. The van der Waals surface area contributed by atoms with Crippen LogP contribution in [0.25, 0.3) is 0 Å². The van der Waals surface area contributed by atoms with Gasteiger partial charge in [-0.25, -0.2) is 4.79 Å². The molecule has 3 aromatic rings. The lowest BCUT2D eigenvalue weighted by molar-refractivity contribution is -0.271. The predicted octanol–water partition coefficient (Wildman–Crippen LogP) is 2.37. The Kier molecular flexibility index (Phi) is 7.58. The number of aliphatic carboxylic acids is 1. The fraction of sp³-hybridized carbons (Fsp3) is 0.387. The normalized spacial score (nSPS) is 27.5. The number of ether oxygens (including phenoxy) is 6. The van der Waals surface area contributed by atoms with Gasteiger partial charge in [0.25, 0.3) is 0 Å². The van der Waals surface area contributed by atoms with Crippen molar-refractivity contribution in [3.63, 3.8) is 0 Å². The molecule has 1 fully saturated rings. The van der Waals surface area contributed by atoms with Crippen molar-refractivity contribution in [3.05, 3.63) is 76.9 Å². The van der Waals surface area contributed by atoms with E-state index in [1.165, 1.54) is 0 Å². The van der Waals surface area contributed by atoms with E-state index in [2.05, 4.69) is 0 Å². The first-order chi connectivity index (χ1) is 20.3. The predicted molar refractivity (Wildman–Crippen MR) is 146 cm³/mol. The zero-order valence-corrected chi connectivity index (χ0v) is 23.0. The minimum atomic E-state index is -1.82. The maximum atomic E-state index is 11.6. The number of carbonyl (C=O) groups is 1. The number of hydrogen-bond acceptors (Lipinski definition) is 10. The van der Waals surface area contributed by atoms with Crippen molar-refractivity contribution in [1.82, 2.24) is 0 Å². The molecule has 3 aliphatic rings. The average Bonchev–Trinajstić information content (AvgIpc) is 3.39. The Labute approximate surface area is 241 Å². The topological polar surface area (TPSA) is 153 Å². The highest BCUT2D eigenvalue weighted by Gasteiger charge is 2.49. The number of benzene rings is 3. The monoisotopic (exact) mass is 580 g/mol. The highest BCUT2D eigenvalue weighted by atomic mass is 16.7. The summed E-state index contributed by atoms with van der Waals surface area (Å²) in [6.45, 7) is 0.317. The van der Waals surface area contributed by atoms with Crippen LogP contribution < -0.4 is 23.7 Å². The van der Waals surface area contributed by atoms with Gasteiger partial charge in [0.05, 0.1) is 26.7 Å². The third-order valence-electron chi connectivity index (χ3n) is 8.04. The summed E-state index contributed by atoms with van der Waals surface area (Å²) in [5, 5.41) is 40.5. The molecule has 0 radical (unpaired) electrons. The Bertz CT molecular complexity index is 1460. The van der Waals surface area contributed by atoms with Gasteiger partial charge in [0.2, 0.25) is 12.0 Å². The summed E-state index contributed by atoms with van der Waals surface area (Å²) < 4.78 is 35.1. The summed E-state index contributed by atoms with van der Waals surface area (Å²) in [6.07, 6.45) is -7.85. The molecule has 1 saturated heterocycles. The van der Waals surface area contributed by atoms with Gasteiger partial charge in [-0.15, -0.1) is 0 Å². The van der Waals surface area contributed by atoms with Gasteiger partial charge in [-0.1, -0.05) is 36.4 Å². The van der Waals surface area contributed by atoms with Crippen LogP contribution in [0.2, 0.25) is 0 Å². The highest BCUT2D eigenvalue weighted by Crippen LogP contribution is 2.56. The van der Waals surface area contributed by atoms with Gasteiger partial charge in [-0.05, 0) is 36.1 Å². The zero-order chi connectivity index (χ0) is 29.5. The molecular weight excluding hydrogens is 548 g/mol. The van der Waals surface area contributed by atoms with Crippen LogP contribution >= 0.6 is 0 Å². The van der Waals surface area contributed by atoms with E-state index in [4.69, 9.17) is 28.4 Å². The van der Waals surface area contributed by atoms with Crippen LogP contribution in [0.1, 0.15) is 34.3 Å². The summed E-state index contributed by atoms with van der Waals surface area (Å²) in [7, 11) is 3.13. The summed E-state index contributed by atoms with van der Waals surface area (Å²) in [5.74, 6) is 0.853. The summed E-state index contributed by atoms with van der Waals surface area (Å²) in [6, 6.07) is 17.2. The molecule has 3 heterocycles. The molecule has 222 valence electrons. The molecule has 6 rings (SSSR count). The molecule has 3 aliphatic heterocycles. The van der Waals surface area contributed by atoms with E-state index in [-0.39, 0.29) is 17.8 Å². The van der Waals surface area contributed by atoms with Crippen molar-refractivity contribution in [2.24, 2.45) is 0 Å². The number of aryl methyl sites for hydroxylation is 2. The maximum absolute atomic E-state index is 11.6. The summed E-state index contributed by atoms with van der Waals surface area (Å²) in [4.78, 5) is 11.6. The van der Waals surface area contributed by atoms with E-state index in [0.29, 0.717) is 42.4 Å². The number of carboxylic acid groups (broad SMARTS) is 1. The molecule has 4 N–H and O–H groups in total. The van der Waals surface area contributed by atoms with Crippen molar-refractivity contribution in [1.29, 1.82) is 0 Å². The molecule has 0 aromatic heterocycles. The average molecular weight is 581 g/mol. The van der Waals surface area contributed by atoms with Crippen LogP contribution in [-0.2, 0) is 22.4 Å². The van der Waals surface area contributed by atoms with E-state index < -0.39 is 36.7 Å². The van der Waals surface area contributed by atoms with Crippen molar-refractivity contribution in [2.45, 2.75) is 55.6 Å². The van der Waals surface area contributed by atoms with Gasteiger partial charge in [-0.2, -0.15) is 0 Å². The lowest BCUT2D eigenvalue weighted by Gasteiger charge is -2.39. The minimum Gasteiger partial charge on any atom is -0.493 e. The lowest BCUT2D eigenvalue weighted by atomic mass is 9.87. The van der Waals surface area contributed by atoms with Gasteiger partial charge in [-0.3, -0.25) is 0 Å². The molecule has 0 amide bonds. The molecule has 42 heavy (non-hydrogen) atoms. The number of aliphatic hydroxyl groups is 3. The van der Waals surface area contributed by atoms with E-state index in [1.807, 2.05) is 48.5 Å². The van der Waals surface area contributed by atoms with Crippen LogP contribution in [0.5, 0.6) is 28.7 Å². The number of hydrogen-bond donors (Lipinski definition) is 4. The molecular formula is C31H32O11. The molecule has 0 bridgehead atoms. The van der Waals surface area contributed by atoms with Crippen LogP contribution in [0, 0.1) is 0 Å². The zero-order valence-electron chi connectivity index (χ0n) is 23.0. The molecule has 0 spiro atoms. The van der Waals surface area contributed by atoms with Gasteiger partial charge in [0.15, 0.2) is 17.6 Å². The van der Waals surface area contributed by atoms with E-state index >= 15 is 0 Å². The second-order valence-electron chi connectivity index (χ2n) is 10.5. The molecule has 11 nitrogen and oxygen atoms in total. The van der Waals surface area contributed by atoms with Crippen LogP contribution in [0.3, 0.4) is 0 Å². The summed E-state index contributed by atoms with van der Waals surface area (Å²) in [5.41, 5.74) is 3.56. The van der Waals surface area contributed by atoms with E-state index in [9.17, 15) is 25.2 Å². The van der Waals surface area contributed by atoms with Crippen molar-refractivity contribution < 1.29 is 53.6 Å². The second-order valence-corrected chi connectivity index (χ2v) is 10.5. The lowest BCUT2D eigenvalue weighted by Crippen LogP contribution is -2.61. The van der Waals surface area contributed by atoms with Crippen molar-refractivity contribution >= 4 is 5.97 Å². The highest BCUT2D eigenvalue weighted by molar-refractivity contribution is 5.73. The smallest absolute Gasteiger partial charge is 0.335 e. The Morgan fingerprint density at radius 2 is 1.69 bits per heavy atom. The largest absolute Gasteiger partial charge is 0.493 e. The quantitative estimate of drug-likeness (QED) is 0.311. The van der Waals surface area contributed by atoms with Crippen LogP contribution in [0.4, 0.5) is 0 Å². The number of fused-ring (bicyclic) bond motifs is 5. The van der Waals surface area contributed by atoms with Crippen molar-refractivity contribution in [2.75, 3.05) is 20.8 Å². The number of carboxylic acids is 1. The Morgan fingerprint density at radius 1 is 0.905 bits per heavy atom. The first-order valence-electron chi connectivity index (χ1n) is 13.6. The maximum Gasteiger partial charge on any atom is 0.335 e. The van der Waals surface area contributed by atoms with Gasteiger partial charge >= 0.3 is 5.97 Å². The molecule has 11 heteroatoms. The van der Waals surface area contributed by atoms with Gasteiger partial charge in [0.1, 0.15) is 35.9 Å².